The molecular formula is C13H16N2O. The predicted octanol–water partition coefficient (Wildman–Crippen LogP) is 1.73. The van der Waals surface area contributed by atoms with Crippen molar-refractivity contribution in [1.82, 2.24) is 4.90 Å². The second-order valence-corrected chi connectivity index (χ2v) is 4.52. The van der Waals surface area contributed by atoms with Crippen LogP contribution in [0.5, 0.6) is 0 Å². The van der Waals surface area contributed by atoms with Crippen molar-refractivity contribution in [3.63, 3.8) is 0 Å². The molecule has 1 aromatic rings. The topological polar surface area (TPSA) is 35.8 Å². The Hall–Kier alpha value is -1.35. The predicted molar refractivity (Wildman–Crippen MR) is 63.2 cm³/mol. The van der Waals surface area contributed by atoms with Gasteiger partial charge in [0.05, 0.1) is 6.54 Å². The lowest BCUT2D eigenvalue weighted by molar-refractivity contribution is -0.0594. The lowest BCUT2D eigenvalue weighted by atomic mass is 9.99. The van der Waals surface area contributed by atoms with Gasteiger partial charge in [0, 0.05) is 18.5 Å². The van der Waals surface area contributed by atoms with E-state index in [0.717, 1.165) is 30.8 Å². The summed E-state index contributed by atoms with van der Waals surface area (Å²) < 4.78 is 0. The molecule has 3 heteroatoms. The maximum absolute atomic E-state index is 10.8. The number of benzene rings is 1. The van der Waals surface area contributed by atoms with Gasteiger partial charge in [-0.25, -0.2) is 0 Å². The molecule has 1 saturated heterocycles. The van der Waals surface area contributed by atoms with Gasteiger partial charge in [0.1, 0.15) is 5.84 Å². The molecule has 2 aliphatic rings. The van der Waals surface area contributed by atoms with Crippen molar-refractivity contribution in [1.29, 1.82) is 0 Å². The highest BCUT2D eigenvalue weighted by atomic mass is 16.3. The number of amidine groups is 1. The van der Waals surface area contributed by atoms with Crippen LogP contribution in [0.4, 0.5) is 0 Å². The first kappa shape index (κ1) is 9.85. The summed E-state index contributed by atoms with van der Waals surface area (Å²) in [4.78, 5) is 6.56. The Bertz CT molecular complexity index is 415. The second-order valence-electron chi connectivity index (χ2n) is 4.52. The normalized spacial score (nSPS) is 28.8. The summed E-state index contributed by atoms with van der Waals surface area (Å²) >= 11 is 0. The van der Waals surface area contributed by atoms with Crippen molar-refractivity contribution in [2.24, 2.45) is 4.99 Å². The van der Waals surface area contributed by atoms with Gasteiger partial charge in [-0.1, -0.05) is 30.3 Å². The van der Waals surface area contributed by atoms with Crippen LogP contribution in [0.25, 0.3) is 0 Å². The van der Waals surface area contributed by atoms with E-state index in [9.17, 15) is 5.11 Å². The van der Waals surface area contributed by atoms with Crippen LogP contribution in [0.1, 0.15) is 24.8 Å². The van der Waals surface area contributed by atoms with Gasteiger partial charge < -0.3 is 10.0 Å². The number of fused-ring (bicyclic) bond motifs is 1. The molecule has 0 saturated carbocycles. The van der Waals surface area contributed by atoms with Crippen molar-refractivity contribution < 1.29 is 5.11 Å². The first-order valence-corrected chi connectivity index (χ1v) is 5.89. The average molecular weight is 216 g/mol. The van der Waals surface area contributed by atoms with Crippen molar-refractivity contribution in [2.75, 3.05) is 13.1 Å². The Morgan fingerprint density at radius 2 is 2.00 bits per heavy atom. The third kappa shape index (κ3) is 1.35. The van der Waals surface area contributed by atoms with Crippen molar-refractivity contribution >= 4 is 5.84 Å². The molecular weight excluding hydrogens is 200 g/mol. The van der Waals surface area contributed by atoms with Crippen LogP contribution in [-0.2, 0) is 5.72 Å². The molecule has 0 amide bonds. The molecule has 0 aliphatic carbocycles. The van der Waals surface area contributed by atoms with E-state index in [1.807, 2.05) is 30.3 Å². The Morgan fingerprint density at radius 1 is 1.19 bits per heavy atom. The van der Waals surface area contributed by atoms with E-state index < -0.39 is 5.72 Å². The van der Waals surface area contributed by atoms with Crippen LogP contribution >= 0.6 is 0 Å². The molecule has 1 aromatic carbocycles. The highest BCUT2D eigenvalue weighted by molar-refractivity contribution is 5.85. The van der Waals surface area contributed by atoms with Crippen molar-refractivity contribution in [3.8, 4) is 0 Å². The second kappa shape index (κ2) is 3.59. The lowest BCUT2D eigenvalue weighted by Gasteiger charge is -2.38. The number of piperidine rings is 1. The van der Waals surface area contributed by atoms with E-state index in [2.05, 4.69) is 9.89 Å². The standard InChI is InChI=1S/C13H16N2O/c16-13(11-6-2-1-3-7-11)10-14-12-8-4-5-9-15(12)13/h1-3,6-7,16H,4-5,8-10H2. The van der Waals surface area contributed by atoms with Crippen LogP contribution < -0.4 is 0 Å². The summed E-state index contributed by atoms with van der Waals surface area (Å²) in [6.45, 7) is 1.40. The van der Waals surface area contributed by atoms with Crippen LogP contribution in [0.15, 0.2) is 35.3 Å². The minimum absolute atomic E-state index is 0.479. The molecule has 0 bridgehead atoms. The maximum atomic E-state index is 10.8. The molecule has 2 aliphatic heterocycles. The number of hydrogen-bond acceptors (Lipinski definition) is 3. The molecule has 1 atom stereocenters. The summed E-state index contributed by atoms with van der Waals surface area (Å²) in [6, 6.07) is 9.87. The molecule has 1 N–H and O–H groups in total. The van der Waals surface area contributed by atoms with E-state index >= 15 is 0 Å². The summed E-state index contributed by atoms with van der Waals surface area (Å²) in [5.41, 5.74) is 0.0625. The molecule has 0 spiro atoms. The van der Waals surface area contributed by atoms with E-state index in [-0.39, 0.29) is 0 Å². The SMILES string of the molecule is OC1(c2ccccc2)CN=C2CCCCN21. The number of hydrogen-bond donors (Lipinski definition) is 1. The molecule has 2 heterocycles. The zero-order chi connectivity index (χ0) is 11.0. The van der Waals surface area contributed by atoms with Gasteiger partial charge >= 0.3 is 0 Å². The van der Waals surface area contributed by atoms with Crippen molar-refractivity contribution in [2.45, 2.75) is 25.0 Å². The van der Waals surface area contributed by atoms with Gasteiger partial charge in [0.25, 0.3) is 0 Å². The summed E-state index contributed by atoms with van der Waals surface area (Å²) in [7, 11) is 0. The van der Waals surface area contributed by atoms with Crippen LogP contribution in [0.2, 0.25) is 0 Å². The molecule has 0 aromatic heterocycles. The lowest BCUT2D eigenvalue weighted by Crippen LogP contribution is -2.48. The monoisotopic (exact) mass is 216 g/mol. The van der Waals surface area contributed by atoms with Gasteiger partial charge in [-0.3, -0.25) is 4.99 Å². The van der Waals surface area contributed by atoms with Gasteiger partial charge in [0.2, 0.25) is 0 Å². The van der Waals surface area contributed by atoms with Crippen LogP contribution in [0, 0.1) is 0 Å². The van der Waals surface area contributed by atoms with E-state index in [1.54, 1.807) is 0 Å². The quantitative estimate of drug-likeness (QED) is 0.776. The van der Waals surface area contributed by atoms with Gasteiger partial charge in [0.15, 0.2) is 5.72 Å². The molecule has 1 fully saturated rings. The fourth-order valence-electron chi connectivity index (χ4n) is 2.62. The maximum Gasteiger partial charge on any atom is 0.185 e. The Morgan fingerprint density at radius 3 is 2.81 bits per heavy atom. The first-order chi connectivity index (χ1) is 7.81. The number of rotatable bonds is 1. The molecule has 16 heavy (non-hydrogen) atoms. The summed E-state index contributed by atoms with van der Waals surface area (Å²) in [5, 5.41) is 10.8. The molecule has 1 unspecified atom stereocenters. The largest absolute Gasteiger partial charge is 0.365 e. The highest BCUT2D eigenvalue weighted by Gasteiger charge is 2.43. The molecule has 3 rings (SSSR count). The van der Waals surface area contributed by atoms with Crippen LogP contribution in [-0.4, -0.2) is 28.9 Å². The van der Waals surface area contributed by atoms with Crippen LogP contribution in [0.3, 0.4) is 0 Å². The van der Waals surface area contributed by atoms with E-state index in [4.69, 9.17) is 0 Å². The number of aliphatic imine (C=N–C) groups is 1. The van der Waals surface area contributed by atoms with Crippen molar-refractivity contribution in [3.05, 3.63) is 35.9 Å². The smallest absolute Gasteiger partial charge is 0.185 e. The molecule has 84 valence electrons. The van der Waals surface area contributed by atoms with Gasteiger partial charge in [-0.15, -0.1) is 0 Å². The zero-order valence-electron chi connectivity index (χ0n) is 9.26. The van der Waals surface area contributed by atoms with E-state index in [0.29, 0.717) is 6.54 Å². The minimum Gasteiger partial charge on any atom is -0.365 e. The van der Waals surface area contributed by atoms with Gasteiger partial charge in [-0.05, 0) is 12.8 Å². The van der Waals surface area contributed by atoms with E-state index in [1.165, 1.54) is 6.42 Å². The summed E-state index contributed by atoms with van der Waals surface area (Å²) in [6.07, 6.45) is 3.35. The molecule has 3 nitrogen and oxygen atoms in total. The Labute approximate surface area is 95.4 Å². The third-order valence-corrected chi connectivity index (χ3v) is 3.51. The Kier molecular flexibility index (Phi) is 2.21. The first-order valence-electron chi connectivity index (χ1n) is 5.89. The number of aliphatic hydroxyl groups is 1. The Balaban J connectivity index is 1.96. The van der Waals surface area contributed by atoms with Gasteiger partial charge in [-0.2, -0.15) is 0 Å². The fourth-order valence-corrected chi connectivity index (χ4v) is 2.62. The third-order valence-electron chi connectivity index (χ3n) is 3.51. The average Bonchev–Trinajstić information content (AvgIpc) is 2.71. The summed E-state index contributed by atoms with van der Waals surface area (Å²) in [5.74, 6) is 1.08. The molecule has 0 radical (unpaired) electrons. The fraction of sp³-hybridized carbons (Fsp3) is 0.462. The zero-order valence-corrected chi connectivity index (χ0v) is 9.26. The highest BCUT2D eigenvalue weighted by Crippen LogP contribution is 2.34. The number of nitrogens with zero attached hydrogens (tertiary/aromatic N) is 2. The minimum atomic E-state index is -0.892.